The van der Waals surface area contributed by atoms with Crippen molar-refractivity contribution >= 4 is 33.2 Å². The molecule has 0 spiro atoms. The van der Waals surface area contributed by atoms with Crippen LogP contribution in [0, 0.1) is 5.82 Å². The second-order valence-corrected chi connectivity index (χ2v) is 3.16. The molecule has 0 amide bonds. The van der Waals surface area contributed by atoms with Gasteiger partial charge in [0.15, 0.2) is 11.6 Å². The molecular formula is C6H4BrClFNO. The van der Waals surface area contributed by atoms with E-state index in [1.807, 2.05) is 0 Å². The van der Waals surface area contributed by atoms with E-state index in [-0.39, 0.29) is 15.2 Å². The summed E-state index contributed by atoms with van der Waals surface area (Å²) >= 11 is 8.28. The molecule has 1 aromatic rings. The van der Waals surface area contributed by atoms with Gasteiger partial charge in [0.25, 0.3) is 0 Å². The average Bonchev–Trinajstić information content (AvgIpc) is 1.97. The van der Waals surface area contributed by atoms with E-state index in [1.165, 1.54) is 6.07 Å². The van der Waals surface area contributed by atoms with Gasteiger partial charge in [-0.3, -0.25) is 0 Å². The van der Waals surface area contributed by atoms with Crippen LogP contribution in [0.5, 0.6) is 5.75 Å². The van der Waals surface area contributed by atoms with Crippen molar-refractivity contribution in [1.29, 1.82) is 0 Å². The van der Waals surface area contributed by atoms with Crippen LogP contribution in [0.3, 0.4) is 0 Å². The van der Waals surface area contributed by atoms with Crippen molar-refractivity contribution in [2.75, 3.05) is 5.73 Å². The van der Waals surface area contributed by atoms with E-state index in [2.05, 4.69) is 15.9 Å². The smallest absolute Gasteiger partial charge is 0.186 e. The molecule has 5 heteroatoms. The van der Waals surface area contributed by atoms with Crippen LogP contribution in [0.15, 0.2) is 10.5 Å². The third-order valence-electron chi connectivity index (χ3n) is 1.16. The maximum Gasteiger partial charge on any atom is 0.186 e. The summed E-state index contributed by atoms with van der Waals surface area (Å²) in [4.78, 5) is 0. The van der Waals surface area contributed by atoms with Gasteiger partial charge in [-0.05, 0) is 22.0 Å². The van der Waals surface area contributed by atoms with E-state index in [9.17, 15) is 4.39 Å². The SMILES string of the molecule is Nc1cc(Br)c(O)c(F)c1Cl. The number of phenols is 1. The van der Waals surface area contributed by atoms with Gasteiger partial charge in [-0.1, -0.05) is 11.6 Å². The second-order valence-electron chi connectivity index (χ2n) is 1.92. The van der Waals surface area contributed by atoms with Gasteiger partial charge in [-0.25, -0.2) is 4.39 Å². The summed E-state index contributed by atoms with van der Waals surface area (Å²) < 4.78 is 13.0. The Morgan fingerprint density at radius 2 is 2.18 bits per heavy atom. The van der Waals surface area contributed by atoms with Crippen LogP contribution >= 0.6 is 27.5 Å². The first-order valence-corrected chi connectivity index (χ1v) is 3.83. The van der Waals surface area contributed by atoms with Gasteiger partial charge >= 0.3 is 0 Å². The highest BCUT2D eigenvalue weighted by atomic mass is 79.9. The monoisotopic (exact) mass is 239 g/mol. The Morgan fingerprint density at radius 1 is 1.64 bits per heavy atom. The fourth-order valence-electron chi connectivity index (χ4n) is 0.604. The maximum atomic E-state index is 12.8. The highest BCUT2D eigenvalue weighted by molar-refractivity contribution is 9.10. The minimum absolute atomic E-state index is 0.0915. The van der Waals surface area contributed by atoms with Gasteiger partial charge in [0.2, 0.25) is 0 Å². The summed E-state index contributed by atoms with van der Waals surface area (Å²) in [5.74, 6) is -1.43. The Labute approximate surface area is 75.9 Å². The van der Waals surface area contributed by atoms with Crippen LogP contribution in [0.1, 0.15) is 0 Å². The molecule has 0 aliphatic heterocycles. The van der Waals surface area contributed by atoms with Crippen LogP contribution < -0.4 is 5.73 Å². The van der Waals surface area contributed by atoms with E-state index in [1.54, 1.807) is 0 Å². The molecule has 1 rings (SSSR count). The first-order chi connectivity index (χ1) is 5.04. The highest BCUT2D eigenvalue weighted by Gasteiger charge is 2.12. The third-order valence-corrected chi connectivity index (χ3v) is 2.15. The highest BCUT2D eigenvalue weighted by Crippen LogP contribution is 2.35. The molecule has 0 unspecified atom stereocenters. The summed E-state index contributed by atoms with van der Waals surface area (Å²) in [6.45, 7) is 0. The number of phenolic OH excluding ortho intramolecular Hbond substituents is 1. The van der Waals surface area contributed by atoms with Gasteiger partial charge in [0.05, 0.1) is 10.2 Å². The molecule has 0 saturated carbocycles. The summed E-state index contributed by atoms with van der Waals surface area (Å²) in [5.41, 5.74) is 5.37. The molecule has 1 aromatic carbocycles. The fraction of sp³-hybridized carbons (Fsp3) is 0. The fourth-order valence-corrected chi connectivity index (χ4v) is 1.17. The van der Waals surface area contributed by atoms with Gasteiger partial charge in [0, 0.05) is 0 Å². The summed E-state index contributed by atoms with van der Waals surface area (Å²) in [6, 6.07) is 1.33. The molecule has 0 bridgehead atoms. The number of halogens is 3. The topological polar surface area (TPSA) is 46.2 Å². The normalized spacial score (nSPS) is 10.1. The molecule has 3 N–H and O–H groups in total. The number of hydrogen-bond donors (Lipinski definition) is 2. The summed E-state index contributed by atoms with van der Waals surface area (Å²) in [5, 5.41) is 8.69. The number of benzene rings is 1. The van der Waals surface area contributed by atoms with Gasteiger partial charge < -0.3 is 10.8 Å². The Kier molecular flexibility index (Phi) is 2.25. The second kappa shape index (κ2) is 2.87. The molecule has 0 saturated heterocycles. The predicted molar refractivity (Wildman–Crippen MR) is 45.2 cm³/mol. The third kappa shape index (κ3) is 1.41. The Hall–Kier alpha value is -0.480. The Balaban J connectivity index is 3.46. The van der Waals surface area contributed by atoms with Crippen LogP contribution in [0.4, 0.5) is 10.1 Å². The lowest BCUT2D eigenvalue weighted by Gasteiger charge is -2.03. The van der Waals surface area contributed by atoms with Crippen molar-refractivity contribution in [3.05, 3.63) is 21.4 Å². The van der Waals surface area contributed by atoms with Crippen LogP contribution in [-0.4, -0.2) is 5.11 Å². The number of hydrogen-bond acceptors (Lipinski definition) is 2. The number of nitrogens with two attached hydrogens (primary N) is 1. The largest absolute Gasteiger partial charge is 0.504 e. The molecular weight excluding hydrogens is 236 g/mol. The maximum absolute atomic E-state index is 12.8. The first kappa shape index (κ1) is 8.62. The van der Waals surface area contributed by atoms with Crippen molar-refractivity contribution in [2.24, 2.45) is 0 Å². The zero-order valence-corrected chi connectivity index (χ0v) is 7.58. The molecule has 0 fully saturated rings. The zero-order valence-electron chi connectivity index (χ0n) is 5.24. The lowest BCUT2D eigenvalue weighted by molar-refractivity contribution is 0.429. The average molecular weight is 240 g/mol. The zero-order chi connectivity index (χ0) is 8.59. The lowest BCUT2D eigenvalue weighted by atomic mass is 10.3. The van der Waals surface area contributed by atoms with Crippen LogP contribution in [-0.2, 0) is 0 Å². The minimum atomic E-state index is -0.904. The molecule has 0 aromatic heterocycles. The number of rotatable bonds is 0. The number of aromatic hydroxyl groups is 1. The minimum Gasteiger partial charge on any atom is -0.504 e. The van der Waals surface area contributed by atoms with E-state index in [0.29, 0.717) is 0 Å². The van der Waals surface area contributed by atoms with Gasteiger partial charge in [-0.2, -0.15) is 0 Å². The van der Waals surface area contributed by atoms with Gasteiger partial charge in [-0.15, -0.1) is 0 Å². The van der Waals surface area contributed by atoms with E-state index in [0.717, 1.165) is 0 Å². The molecule has 0 aliphatic carbocycles. The molecule has 2 nitrogen and oxygen atoms in total. The molecule has 0 atom stereocenters. The van der Waals surface area contributed by atoms with E-state index in [4.69, 9.17) is 22.4 Å². The molecule has 0 heterocycles. The molecule has 0 aliphatic rings. The number of anilines is 1. The van der Waals surface area contributed by atoms with E-state index < -0.39 is 11.6 Å². The molecule has 11 heavy (non-hydrogen) atoms. The predicted octanol–water partition coefficient (Wildman–Crippen LogP) is 2.53. The standard InChI is InChI=1S/C6H4BrClFNO/c7-2-1-3(10)4(8)5(9)6(2)11/h1,11H,10H2. The number of nitrogen functional groups attached to an aromatic ring is 1. The summed E-state index contributed by atoms with van der Waals surface area (Å²) in [7, 11) is 0. The summed E-state index contributed by atoms with van der Waals surface area (Å²) in [6.07, 6.45) is 0. The van der Waals surface area contributed by atoms with Gasteiger partial charge in [0.1, 0.15) is 5.02 Å². The lowest BCUT2D eigenvalue weighted by Crippen LogP contribution is -1.90. The molecule has 60 valence electrons. The van der Waals surface area contributed by atoms with Crippen LogP contribution in [0.25, 0.3) is 0 Å². The first-order valence-electron chi connectivity index (χ1n) is 2.66. The van der Waals surface area contributed by atoms with E-state index >= 15 is 0 Å². The molecule has 0 radical (unpaired) electrons. The van der Waals surface area contributed by atoms with Crippen LogP contribution in [0.2, 0.25) is 5.02 Å². The van der Waals surface area contributed by atoms with Crippen molar-refractivity contribution in [3.63, 3.8) is 0 Å². The Bertz CT molecular complexity index is 279. The van der Waals surface area contributed by atoms with Crippen molar-refractivity contribution < 1.29 is 9.50 Å². The quantitative estimate of drug-likeness (QED) is 0.416. The van der Waals surface area contributed by atoms with Crippen molar-refractivity contribution in [1.82, 2.24) is 0 Å². The Morgan fingerprint density at radius 3 is 2.73 bits per heavy atom. The van der Waals surface area contributed by atoms with Crippen molar-refractivity contribution in [3.8, 4) is 5.75 Å². The van der Waals surface area contributed by atoms with Crippen molar-refractivity contribution in [2.45, 2.75) is 0 Å².